The quantitative estimate of drug-likeness (QED) is 0.140. The molecule has 0 atom stereocenters. The average Bonchev–Trinajstić information content (AvgIpc) is 3.93. The molecule has 0 N–H and O–H groups in total. The zero-order valence-electron chi connectivity index (χ0n) is 38.0. The van der Waals surface area contributed by atoms with E-state index < -0.39 is 5.41 Å². The molecule has 11 aromatic carbocycles. The van der Waals surface area contributed by atoms with E-state index in [1.807, 2.05) is 0 Å². The molecule has 0 saturated heterocycles. The number of nitrogens with zero attached hydrogens (tertiary/aromatic N) is 2. The second kappa shape index (κ2) is 16.7. The van der Waals surface area contributed by atoms with Gasteiger partial charge in [-0.1, -0.05) is 224 Å². The molecule has 0 saturated carbocycles. The Bertz CT molecular complexity index is 3710. The Morgan fingerprint density at radius 1 is 0.304 bits per heavy atom. The van der Waals surface area contributed by atoms with Crippen LogP contribution in [0.3, 0.4) is 0 Å². The highest BCUT2D eigenvalue weighted by atomic mass is 15.1. The predicted molar refractivity (Wildman–Crippen MR) is 289 cm³/mol. The van der Waals surface area contributed by atoms with Crippen LogP contribution in [0.15, 0.2) is 279 Å². The van der Waals surface area contributed by atoms with E-state index in [0.29, 0.717) is 0 Å². The monoisotopic (exact) mass is 878 g/mol. The van der Waals surface area contributed by atoms with Crippen LogP contribution in [0.4, 0.5) is 17.1 Å². The van der Waals surface area contributed by atoms with Gasteiger partial charge in [-0.2, -0.15) is 0 Å². The third kappa shape index (κ3) is 6.56. The number of hydrogen-bond donors (Lipinski definition) is 0. The van der Waals surface area contributed by atoms with Crippen molar-refractivity contribution in [1.29, 1.82) is 0 Å². The summed E-state index contributed by atoms with van der Waals surface area (Å²) in [5.74, 6) is 0. The van der Waals surface area contributed by atoms with Crippen LogP contribution in [-0.4, -0.2) is 4.57 Å². The maximum atomic E-state index is 2.50. The van der Waals surface area contributed by atoms with Crippen LogP contribution in [0.5, 0.6) is 0 Å². The molecule has 2 heteroatoms. The second-order valence-corrected chi connectivity index (χ2v) is 18.0. The molecule has 0 spiro atoms. The summed E-state index contributed by atoms with van der Waals surface area (Å²) >= 11 is 0. The molecule has 0 unspecified atom stereocenters. The van der Waals surface area contributed by atoms with Crippen LogP contribution in [-0.2, 0) is 5.41 Å². The summed E-state index contributed by atoms with van der Waals surface area (Å²) in [6.07, 6.45) is 0. The number of para-hydroxylation sites is 2. The van der Waals surface area contributed by atoms with Crippen LogP contribution in [0.2, 0.25) is 0 Å². The summed E-state index contributed by atoms with van der Waals surface area (Å²) < 4.78 is 2.49. The van der Waals surface area contributed by atoms with E-state index in [-0.39, 0.29) is 0 Å². The van der Waals surface area contributed by atoms with Gasteiger partial charge in [0, 0.05) is 33.3 Å². The first-order valence-electron chi connectivity index (χ1n) is 23.8. The summed E-state index contributed by atoms with van der Waals surface area (Å²) in [6.45, 7) is 0. The van der Waals surface area contributed by atoms with Gasteiger partial charge in [0.15, 0.2) is 0 Å². The lowest BCUT2D eigenvalue weighted by Crippen LogP contribution is -2.28. The minimum Gasteiger partial charge on any atom is -0.310 e. The fourth-order valence-electron chi connectivity index (χ4n) is 11.3. The molecule has 13 rings (SSSR count). The highest BCUT2D eigenvalue weighted by Crippen LogP contribution is 2.59. The van der Waals surface area contributed by atoms with Gasteiger partial charge in [-0.25, -0.2) is 0 Å². The summed E-state index contributed by atoms with van der Waals surface area (Å²) in [5.41, 5.74) is 20.6. The Morgan fingerprint density at radius 3 is 1.38 bits per heavy atom. The minimum atomic E-state index is -0.653. The second-order valence-electron chi connectivity index (χ2n) is 18.0. The minimum absolute atomic E-state index is 0.653. The van der Waals surface area contributed by atoms with E-state index >= 15 is 0 Å². The zero-order chi connectivity index (χ0) is 45.7. The molecule has 12 aromatic rings. The van der Waals surface area contributed by atoms with Gasteiger partial charge in [-0.3, -0.25) is 0 Å². The number of anilines is 3. The van der Waals surface area contributed by atoms with Crippen molar-refractivity contribution in [3.63, 3.8) is 0 Å². The Balaban J connectivity index is 1.11. The molecule has 1 aliphatic carbocycles. The Kier molecular flexibility index (Phi) is 9.77. The first-order chi connectivity index (χ1) is 34.3. The van der Waals surface area contributed by atoms with Crippen molar-refractivity contribution in [2.24, 2.45) is 0 Å². The summed E-state index contributed by atoms with van der Waals surface area (Å²) in [4.78, 5) is 2.48. The van der Waals surface area contributed by atoms with Crippen LogP contribution in [0.25, 0.3) is 72.0 Å². The van der Waals surface area contributed by atoms with Gasteiger partial charge in [0.2, 0.25) is 0 Å². The Labute approximate surface area is 403 Å². The lowest BCUT2D eigenvalue weighted by Gasteiger charge is -2.35. The van der Waals surface area contributed by atoms with E-state index in [1.54, 1.807) is 0 Å². The maximum Gasteiger partial charge on any atom is 0.0715 e. The fourth-order valence-corrected chi connectivity index (χ4v) is 11.3. The van der Waals surface area contributed by atoms with Crippen LogP contribution in [0, 0.1) is 0 Å². The average molecular weight is 879 g/mol. The lowest BCUT2D eigenvalue weighted by molar-refractivity contribution is 0.768. The number of rotatable bonds is 9. The standard InChI is InChI=1S/C67H46N2/c1-6-21-47(22-7-1)49-37-40-54(41-38-49)68(64-44-39-51(48-23-8-2-9-24-48)45-59(64)50-25-10-3-11-26-50)55-42-43-58-61(46-55)67(52-27-12-4-13-28-52,53-29-14-5-15-30-53)60-33-20-36-65(66(58)60)69-62-34-18-16-31-56(62)57-32-17-19-35-63(57)69/h1-46H. The molecule has 0 aliphatic heterocycles. The van der Waals surface area contributed by atoms with Gasteiger partial charge < -0.3 is 9.47 Å². The summed E-state index contributed by atoms with van der Waals surface area (Å²) in [7, 11) is 0. The van der Waals surface area contributed by atoms with Gasteiger partial charge in [0.05, 0.1) is 27.8 Å². The fraction of sp³-hybridized carbons (Fsp3) is 0.0149. The van der Waals surface area contributed by atoms with Crippen molar-refractivity contribution < 1.29 is 0 Å². The molecule has 1 aromatic heterocycles. The van der Waals surface area contributed by atoms with Crippen molar-refractivity contribution >= 4 is 38.9 Å². The Hall–Kier alpha value is -8.98. The number of hydrogen-bond acceptors (Lipinski definition) is 1. The predicted octanol–water partition coefficient (Wildman–Crippen LogP) is 17.6. The maximum absolute atomic E-state index is 2.50. The van der Waals surface area contributed by atoms with E-state index in [9.17, 15) is 0 Å². The number of fused-ring (bicyclic) bond motifs is 6. The van der Waals surface area contributed by atoms with E-state index in [0.717, 1.165) is 28.2 Å². The topological polar surface area (TPSA) is 8.17 Å². The molecule has 0 radical (unpaired) electrons. The van der Waals surface area contributed by atoms with Gasteiger partial charge in [-0.05, 0) is 110 Å². The smallest absolute Gasteiger partial charge is 0.0715 e. The zero-order valence-corrected chi connectivity index (χ0v) is 38.0. The first-order valence-corrected chi connectivity index (χ1v) is 23.8. The van der Waals surface area contributed by atoms with E-state index in [4.69, 9.17) is 0 Å². The first kappa shape index (κ1) is 40.3. The normalized spacial score (nSPS) is 12.5. The number of aromatic nitrogens is 1. The van der Waals surface area contributed by atoms with Gasteiger partial charge >= 0.3 is 0 Å². The molecule has 69 heavy (non-hydrogen) atoms. The van der Waals surface area contributed by atoms with Gasteiger partial charge in [-0.15, -0.1) is 0 Å². The number of benzene rings is 11. The van der Waals surface area contributed by atoms with Crippen molar-refractivity contribution in [2.75, 3.05) is 4.90 Å². The van der Waals surface area contributed by atoms with E-state index in [1.165, 1.54) is 83.1 Å². The molecule has 0 fully saturated rings. The molecular formula is C67H46N2. The van der Waals surface area contributed by atoms with Gasteiger partial charge in [0.1, 0.15) is 0 Å². The van der Waals surface area contributed by atoms with Crippen molar-refractivity contribution in [1.82, 2.24) is 4.57 Å². The molecule has 1 heterocycles. The Morgan fingerprint density at radius 2 is 0.783 bits per heavy atom. The molecule has 0 amide bonds. The van der Waals surface area contributed by atoms with Crippen molar-refractivity contribution in [2.45, 2.75) is 5.41 Å². The van der Waals surface area contributed by atoms with Crippen molar-refractivity contribution in [3.8, 4) is 50.2 Å². The third-order valence-corrected chi connectivity index (χ3v) is 14.3. The molecule has 2 nitrogen and oxygen atoms in total. The summed E-state index contributed by atoms with van der Waals surface area (Å²) in [5, 5.41) is 2.50. The molecule has 324 valence electrons. The third-order valence-electron chi connectivity index (χ3n) is 14.3. The molecule has 0 bridgehead atoms. The molecular weight excluding hydrogens is 833 g/mol. The lowest BCUT2D eigenvalue weighted by atomic mass is 9.67. The van der Waals surface area contributed by atoms with Crippen molar-refractivity contribution in [3.05, 3.63) is 301 Å². The largest absolute Gasteiger partial charge is 0.310 e. The van der Waals surface area contributed by atoms with E-state index in [2.05, 4.69) is 289 Å². The van der Waals surface area contributed by atoms with Crippen LogP contribution < -0.4 is 4.90 Å². The van der Waals surface area contributed by atoms with Crippen LogP contribution >= 0.6 is 0 Å². The molecule has 1 aliphatic rings. The van der Waals surface area contributed by atoms with Gasteiger partial charge in [0.25, 0.3) is 0 Å². The highest BCUT2D eigenvalue weighted by molar-refractivity contribution is 6.10. The highest BCUT2D eigenvalue weighted by Gasteiger charge is 2.47. The van der Waals surface area contributed by atoms with Crippen LogP contribution in [0.1, 0.15) is 22.3 Å². The summed E-state index contributed by atoms with van der Waals surface area (Å²) in [6, 6.07) is 102. The SMILES string of the molecule is c1ccc(-c2ccc(N(c3ccc4c(c3)C(c3ccccc3)(c3ccccc3)c3cccc(-n5c6ccccc6c6ccccc65)c3-4)c3ccc(-c4ccccc4)cc3-c3ccccc3)cc2)cc1.